The summed E-state index contributed by atoms with van der Waals surface area (Å²) in [5, 5.41) is 4.35. The van der Waals surface area contributed by atoms with Crippen molar-refractivity contribution >= 4 is 28.4 Å². The first-order chi connectivity index (χ1) is 10.7. The highest BCUT2D eigenvalue weighted by Crippen LogP contribution is 2.26. The Morgan fingerprint density at radius 2 is 1.86 bits per heavy atom. The average molecular weight is 329 g/mol. The van der Waals surface area contributed by atoms with Crippen LogP contribution in [0, 0.1) is 13.8 Å². The van der Waals surface area contributed by atoms with Gasteiger partial charge in [-0.2, -0.15) is 0 Å². The highest BCUT2D eigenvalue weighted by atomic mass is 32.1. The molecule has 3 aromatic rings. The lowest BCUT2D eigenvalue weighted by Crippen LogP contribution is -2.15. The van der Waals surface area contributed by atoms with E-state index in [2.05, 4.69) is 66.4 Å². The Hall–Kier alpha value is -1.65. The average Bonchev–Trinajstić information content (AvgIpc) is 3.08. The second-order valence-corrected chi connectivity index (χ2v) is 7.27. The Labute approximate surface area is 139 Å². The molecular weight excluding hydrogens is 308 g/mol. The van der Waals surface area contributed by atoms with Crippen LogP contribution in [0.25, 0.3) is 10.6 Å². The van der Waals surface area contributed by atoms with Crippen LogP contribution in [0.5, 0.6) is 0 Å². The minimum Gasteiger partial charge on any atom is -0.316 e. The topological polar surface area (TPSA) is 17.3 Å². The van der Waals surface area contributed by atoms with Crippen molar-refractivity contribution in [2.45, 2.75) is 33.7 Å². The molecule has 0 aliphatic heterocycles. The largest absolute Gasteiger partial charge is 0.316 e. The molecule has 0 unspecified atom stereocenters. The van der Waals surface area contributed by atoms with E-state index in [4.69, 9.17) is 4.99 Å². The molecule has 0 atom stereocenters. The molecule has 22 heavy (non-hydrogen) atoms. The molecule has 0 aliphatic rings. The van der Waals surface area contributed by atoms with Crippen LogP contribution in [0.3, 0.4) is 0 Å². The maximum atomic E-state index is 4.90. The fraction of sp³-hybridized carbons (Fsp3) is 0.278. The smallest absolute Gasteiger partial charge is 0.190 e. The first-order valence-corrected chi connectivity index (χ1v) is 9.28. The zero-order chi connectivity index (χ0) is 15.5. The van der Waals surface area contributed by atoms with Crippen LogP contribution >= 0.6 is 22.7 Å². The van der Waals surface area contributed by atoms with Crippen molar-refractivity contribution in [2.24, 2.45) is 4.99 Å². The van der Waals surface area contributed by atoms with Crippen LogP contribution in [0.4, 0.5) is 5.69 Å². The van der Waals surface area contributed by atoms with Gasteiger partial charge in [0.25, 0.3) is 0 Å². The lowest BCUT2D eigenvalue weighted by atomic mass is 10.1. The quantitative estimate of drug-likeness (QED) is 0.598. The zero-order valence-electron chi connectivity index (χ0n) is 13.2. The molecule has 0 fully saturated rings. The molecule has 0 N–H and O–H groups in total. The number of aryl methyl sites for hydroxylation is 2. The van der Waals surface area contributed by atoms with Crippen molar-refractivity contribution in [3.05, 3.63) is 57.0 Å². The molecule has 2 heterocycles. The summed E-state index contributed by atoms with van der Waals surface area (Å²) >= 11 is 3.51. The van der Waals surface area contributed by atoms with Crippen LogP contribution in [0.2, 0.25) is 0 Å². The van der Waals surface area contributed by atoms with Crippen molar-refractivity contribution in [1.29, 1.82) is 0 Å². The number of hydrogen-bond acceptors (Lipinski definition) is 3. The van der Waals surface area contributed by atoms with Gasteiger partial charge in [-0.25, -0.2) is 4.99 Å². The third-order valence-corrected chi connectivity index (χ3v) is 5.21. The minimum atomic E-state index is 1.00. The molecule has 0 aliphatic carbocycles. The third kappa shape index (κ3) is 3.23. The Bertz CT molecular complexity index is 803. The minimum absolute atomic E-state index is 1.00. The molecule has 2 nitrogen and oxygen atoms in total. The molecule has 1 aromatic carbocycles. The van der Waals surface area contributed by atoms with E-state index in [0.29, 0.717) is 0 Å². The molecule has 0 amide bonds. The molecule has 114 valence electrons. The van der Waals surface area contributed by atoms with Crippen molar-refractivity contribution in [3.8, 4) is 10.6 Å². The Balaban J connectivity index is 2.12. The summed E-state index contributed by atoms with van der Waals surface area (Å²) in [4.78, 5) is 7.29. The summed E-state index contributed by atoms with van der Waals surface area (Å²) in [6.45, 7) is 7.46. The maximum absolute atomic E-state index is 4.90. The number of hydrogen-bond donors (Lipinski definition) is 0. The third-order valence-electron chi connectivity index (χ3n) is 3.45. The van der Waals surface area contributed by atoms with Gasteiger partial charge in [0.2, 0.25) is 0 Å². The summed E-state index contributed by atoms with van der Waals surface area (Å²) in [7, 11) is 0. The van der Waals surface area contributed by atoms with E-state index in [1.165, 1.54) is 21.7 Å². The van der Waals surface area contributed by atoms with E-state index in [0.717, 1.165) is 23.5 Å². The first kappa shape index (κ1) is 15.3. The summed E-state index contributed by atoms with van der Waals surface area (Å²) in [6, 6.07) is 10.8. The van der Waals surface area contributed by atoms with Gasteiger partial charge < -0.3 is 4.57 Å². The van der Waals surface area contributed by atoms with Gasteiger partial charge in [0.15, 0.2) is 4.80 Å². The molecule has 3 rings (SSSR count). The SMILES string of the molecule is CCCn1c(-c2cccs2)csc1=Nc1cc(C)cc(C)c1. The predicted molar refractivity (Wildman–Crippen MR) is 97.1 cm³/mol. The maximum Gasteiger partial charge on any atom is 0.190 e. The van der Waals surface area contributed by atoms with Crippen LogP contribution in [-0.4, -0.2) is 4.57 Å². The van der Waals surface area contributed by atoms with Crippen LogP contribution in [0.1, 0.15) is 24.5 Å². The van der Waals surface area contributed by atoms with E-state index < -0.39 is 0 Å². The van der Waals surface area contributed by atoms with Gasteiger partial charge in [-0.05, 0) is 55.0 Å². The van der Waals surface area contributed by atoms with Gasteiger partial charge in [0.05, 0.1) is 16.3 Å². The lowest BCUT2D eigenvalue weighted by Gasteiger charge is -2.06. The van der Waals surface area contributed by atoms with E-state index in [1.807, 2.05) is 0 Å². The molecule has 0 saturated carbocycles. The van der Waals surface area contributed by atoms with E-state index in [-0.39, 0.29) is 0 Å². The Kier molecular flexibility index (Phi) is 4.60. The lowest BCUT2D eigenvalue weighted by molar-refractivity contribution is 0.668. The summed E-state index contributed by atoms with van der Waals surface area (Å²) in [6.07, 6.45) is 1.11. The predicted octanol–water partition coefficient (Wildman–Crippen LogP) is 5.54. The van der Waals surface area contributed by atoms with Gasteiger partial charge in [0.1, 0.15) is 0 Å². The number of rotatable bonds is 4. The summed E-state index contributed by atoms with van der Waals surface area (Å²) in [5.74, 6) is 0. The number of benzene rings is 1. The molecule has 0 bridgehead atoms. The second kappa shape index (κ2) is 6.63. The van der Waals surface area contributed by atoms with Crippen LogP contribution < -0.4 is 4.80 Å². The molecule has 4 heteroatoms. The molecule has 2 aromatic heterocycles. The highest BCUT2D eigenvalue weighted by molar-refractivity contribution is 7.14. The van der Waals surface area contributed by atoms with Crippen LogP contribution in [0.15, 0.2) is 46.1 Å². The van der Waals surface area contributed by atoms with Gasteiger partial charge in [0, 0.05) is 11.9 Å². The first-order valence-electron chi connectivity index (χ1n) is 7.52. The monoisotopic (exact) mass is 328 g/mol. The van der Waals surface area contributed by atoms with Gasteiger partial charge in [-0.1, -0.05) is 19.1 Å². The number of thiophene rings is 1. The molecule has 0 saturated heterocycles. The number of thiazole rings is 1. The summed E-state index contributed by atoms with van der Waals surface area (Å²) < 4.78 is 2.34. The molecule has 0 spiro atoms. The van der Waals surface area contributed by atoms with E-state index >= 15 is 0 Å². The standard InChI is InChI=1S/C18H20N2S2/c1-4-7-20-16(17-6-5-8-21-17)12-22-18(20)19-15-10-13(2)9-14(3)11-15/h5-6,8-12H,4,7H2,1-3H3. The fourth-order valence-corrected chi connectivity index (χ4v) is 4.38. The fourth-order valence-electron chi connectivity index (χ4n) is 2.61. The van der Waals surface area contributed by atoms with Gasteiger partial charge in [-0.3, -0.25) is 0 Å². The number of nitrogens with zero attached hydrogens (tertiary/aromatic N) is 2. The van der Waals surface area contributed by atoms with Gasteiger partial charge in [-0.15, -0.1) is 22.7 Å². The second-order valence-electron chi connectivity index (χ2n) is 5.49. The molecular formula is C18H20N2S2. The van der Waals surface area contributed by atoms with Crippen molar-refractivity contribution < 1.29 is 0 Å². The van der Waals surface area contributed by atoms with Crippen molar-refractivity contribution in [1.82, 2.24) is 4.57 Å². The zero-order valence-corrected chi connectivity index (χ0v) is 14.8. The van der Waals surface area contributed by atoms with E-state index in [1.54, 1.807) is 22.7 Å². The van der Waals surface area contributed by atoms with Crippen molar-refractivity contribution in [2.75, 3.05) is 0 Å². The van der Waals surface area contributed by atoms with Crippen molar-refractivity contribution in [3.63, 3.8) is 0 Å². The summed E-state index contributed by atoms with van der Waals surface area (Å²) in [5.41, 5.74) is 4.85. The molecule has 0 radical (unpaired) electrons. The van der Waals surface area contributed by atoms with E-state index in [9.17, 15) is 0 Å². The van der Waals surface area contributed by atoms with Gasteiger partial charge >= 0.3 is 0 Å². The number of aromatic nitrogens is 1. The Morgan fingerprint density at radius 3 is 2.50 bits per heavy atom. The Morgan fingerprint density at radius 1 is 1.09 bits per heavy atom. The van der Waals surface area contributed by atoms with Crippen LogP contribution in [-0.2, 0) is 6.54 Å². The normalized spacial score (nSPS) is 12.0. The highest BCUT2D eigenvalue weighted by Gasteiger charge is 2.08.